The van der Waals surface area contributed by atoms with Gasteiger partial charge in [-0.2, -0.15) is 0 Å². The average Bonchev–Trinajstić information content (AvgIpc) is 3.11. The fraction of sp³-hybridized carbons (Fsp3) is 0. The molecule has 0 saturated heterocycles. The molecule has 0 heterocycles. The molecule has 11 heteroatoms. The van der Waals surface area contributed by atoms with E-state index in [4.69, 9.17) is 0 Å². The summed E-state index contributed by atoms with van der Waals surface area (Å²) in [7, 11) is 0. The summed E-state index contributed by atoms with van der Waals surface area (Å²) < 4.78 is 0. The Morgan fingerprint density at radius 3 is 0.667 bits per heavy atom. The van der Waals surface area contributed by atoms with Crippen LogP contribution in [0.3, 0.4) is 0 Å². The predicted molar refractivity (Wildman–Crippen MR) is 186 cm³/mol. The van der Waals surface area contributed by atoms with E-state index < -0.39 is 0 Å². The molecule has 0 unspecified atom stereocenters. The number of para-hydroxylation sites is 8. The van der Waals surface area contributed by atoms with Gasteiger partial charge in [-0.1, -0.05) is 121 Å². The van der Waals surface area contributed by atoms with E-state index in [9.17, 15) is 20.4 Å². The molecule has 0 atom stereocenters. The van der Waals surface area contributed by atoms with E-state index in [-0.39, 0.29) is 62.6 Å². The normalized spacial score (nSPS) is 10.7. The first kappa shape index (κ1) is 41.4. The summed E-state index contributed by atoms with van der Waals surface area (Å²) in [5, 5.41) is 46.9. The van der Waals surface area contributed by atoms with Crippen LogP contribution in [0.2, 0.25) is 0 Å². The number of hydrogen-bond donors (Lipinski definition) is 0. The fourth-order valence-electron chi connectivity index (χ4n) is 4.27. The van der Waals surface area contributed by atoms with Crippen molar-refractivity contribution in [2.24, 2.45) is 20.0 Å². The molecule has 0 bridgehead atoms. The first-order chi connectivity index (χ1) is 23.5. The summed E-state index contributed by atoms with van der Waals surface area (Å²) >= 11 is 0. The SMILES string of the molecule is [Fe+3].[Fe+3].[O-2].[O-]c1ccccc1C=Nc1ccccc1N=Cc1ccccc1[O-].[O-]c1ccccc1C=Nc1ccccc1N=Cc1ccccc1[O-]. The van der Waals surface area contributed by atoms with Crippen molar-refractivity contribution < 1.29 is 60.0 Å². The molecular weight excluding hydrogens is 728 g/mol. The number of benzene rings is 6. The Balaban J connectivity index is 0.000000334. The van der Waals surface area contributed by atoms with Gasteiger partial charge in [0, 0.05) is 24.9 Å². The number of hydrogen-bond acceptors (Lipinski definition) is 8. The zero-order chi connectivity index (χ0) is 33.6. The van der Waals surface area contributed by atoms with E-state index in [1.807, 2.05) is 24.3 Å². The summed E-state index contributed by atoms with van der Waals surface area (Å²) in [5.41, 5.74) is 4.56. The van der Waals surface area contributed by atoms with Crippen LogP contribution < -0.4 is 20.4 Å². The molecule has 0 aromatic heterocycles. The largest absolute Gasteiger partial charge is 3.00 e. The maximum atomic E-state index is 11.7. The number of rotatable bonds is 8. The van der Waals surface area contributed by atoms with Crippen LogP contribution in [-0.4, -0.2) is 24.9 Å². The second kappa shape index (κ2) is 21.3. The molecule has 51 heavy (non-hydrogen) atoms. The molecule has 6 aromatic carbocycles. The maximum absolute atomic E-state index is 11.7. The minimum atomic E-state index is -0.0810. The number of aliphatic imine (C=N–C) groups is 4. The van der Waals surface area contributed by atoms with Gasteiger partial charge in [-0.05, 0) is 46.5 Å². The molecule has 0 saturated carbocycles. The second-order valence-electron chi connectivity index (χ2n) is 10.2. The van der Waals surface area contributed by atoms with Crippen molar-refractivity contribution in [1.82, 2.24) is 0 Å². The minimum Gasteiger partial charge on any atom is -2.00 e. The summed E-state index contributed by atoms with van der Waals surface area (Å²) in [6.07, 6.45) is 6.10. The molecule has 0 N–H and O–H groups in total. The van der Waals surface area contributed by atoms with Crippen LogP contribution in [0.4, 0.5) is 22.7 Å². The second-order valence-corrected chi connectivity index (χ2v) is 10.2. The third-order valence-electron chi connectivity index (χ3n) is 6.81. The van der Waals surface area contributed by atoms with E-state index in [1.165, 1.54) is 49.1 Å². The molecule has 0 aliphatic rings. The van der Waals surface area contributed by atoms with Crippen molar-refractivity contribution in [3.63, 3.8) is 0 Å². The van der Waals surface area contributed by atoms with Crippen LogP contribution in [0.25, 0.3) is 0 Å². The van der Waals surface area contributed by atoms with E-state index in [1.54, 1.807) is 97.1 Å². The Kier molecular flexibility index (Phi) is 17.3. The van der Waals surface area contributed by atoms with E-state index >= 15 is 0 Å². The van der Waals surface area contributed by atoms with Crippen molar-refractivity contribution in [1.29, 1.82) is 0 Å². The summed E-state index contributed by atoms with van der Waals surface area (Å²) in [5.74, 6) is -0.324. The standard InChI is InChI=1S/2C20H16N2O2.2Fe.O/c2*23-19-11-5-1-7-15(19)13-21-17-9-3-4-10-18(17)22-14-16-8-2-6-12-20(16)24;;;/h2*1-14,23-24H;;;/q;;2*+3;-2/p-4. The van der Waals surface area contributed by atoms with Crippen LogP contribution >= 0.6 is 0 Å². The van der Waals surface area contributed by atoms with Crippen LogP contribution in [0.1, 0.15) is 22.3 Å². The fourth-order valence-corrected chi connectivity index (χ4v) is 4.27. The molecule has 254 valence electrons. The van der Waals surface area contributed by atoms with Crippen LogP contribution in [-0.2, 0) is 39.6 Å². The summed E-state index contributed by atoms with van der Waals surface area (Å²) in [4.78, 5) is 17.4. The maximum Gasteiger partial charge on any atom is 3.00 e. The first-order valence-electron chi connectivity index (χ1n) is 14.9. The van der Waals surface area contributed by atoms with Gasteiger partial charge in [0.15, 0.2) is 0 Å². The van der Waals surface area contributed by atoms with Crippen LogP contribution in [0.15, 0.2) is 166 Å². The Bertz CT molecular complexity index is 1820. The first-order valence-corrected chi connectivity index (χ1v) is 14.9. The summed E-state index contributed by atoms with van der Waals surface area (Å²) in [6, 6.07) is 41.4. The average molecular weight is 756 g/mol. The van der Waals surface area contributed by atoms with Gasteiger partial charge in [0.1, 0.15) is 0 Å². The van der Waals surface area contributed by atoms with E-state index in [2.05, 4.69) is 20.0 Å². The van der Waals surface area contributed by atoms with Gasteiger partial charge in [0.25, 0.3) is 0 Å². The molecule has 9 nitrogen and oxygen atoms in total. The topological polar surface area (TPSA) is 170 Å². The van der Waals surface area contributed by atoms with Gasteiger partial charge in [0.2, 0.25) is 0 Å². The third-order valence-corrected chi connectivity index (χ3v) is 6.81. The van der Waals surface area contributed by atoms with Crippen molar-refractivity contribution in [2.75, 3.05) is 0 Å². The molecule has 0 fully saturated rings. The van der Waals surface area contributed by atoms with Gasteiger partial charge in [-0.3, -0.25) is 20.0 Å². The molecule has 6 aromatic rings. The number of nitrogens with zero attached hydrogens (tertiary/aromatic N) is 4. The molecule has 0 aliphatic carbocycles. The van der Waals surface area contributed by atoms with Crippen molar-refractivity contribution in [3.05, 3.63) is 168 Å². The van der Waals surface area contributed by atoms with E-state index in [0.29, 0.717) is 45.0 Å². The zero-order valence-electron chi connectivity index (χ0n) is 26.7. The molecule has 0 amide bonds. The van der Waals surface area contributed by atoms with Gasteiger partial charge in [-0.25, -0.2) is 0 Å². The Morgan fingerprint density at radius 2 is 0.471 bits per heavy atom. The molecule has 6 rings (SSSR count). The Hall–Kier alpha value is -5.80. The van der Waals surface area contributed by atoms with Crippen molar-refractivity contribution in [3.8, 4) is 23.0 Å². The van der Waals surface area contributed by atoms with Crippen molar-refractivity contribution >= 4 is 47.6 Å². The summed E-state index contributed by atoms with van der Waals surface area (Å²) in [6.45, 7) is 0. The smallest absolute Gasteiger partial charge is 2.00 e. The quantitative estimate of drug-likeness (QED) is 0.127. The Labute approximate surface area is 317 Å². The molecule has 0 aliphatic heterocycles. The van der Waals surface area contributed by atoms with Crippen LogP contribution in [0.5, 0.6) is 23.0 Å². The third kappa shape index (κ3) is 12.2. The van der Waals surface area contributed by atoms with Gasteiger partial charge in [-0.15, -0.1) is 23.0 Å². The minimum absolute atomic E-state index is 0. The van der Waals surface area contributed by atoms with Gasteiger partial charge in [0.05, 0.1) is 22.7 Å². The van der Waals surface area contributed by atoms with Gasteiger partial charge < -0.3 is 25.9 Å². The predicted octanol–water partition coefficient (Wildman–Crippen LogP) is 6.55. The van der Waals surface area contributed by atoms with Gasteiger partial charge >= 0.3 is 34.1 Å². The zero-order valence-corrected chi connectivity index (χ0v) is 28.9. The monoisotopic (exact) mass is 756 g/mol. The van der Waals surface area contributed by atoms with E-state index in [0.717, 1.165) is 0 Å². The van der Waals surface area contributed by atoms with Crippen LogP contribution in [0, 0.1) is 0 Å². The molecular formula is C40H28Fe2N4O5. The molecule has 0 spiro atoms. The Morgan fingerprint density at radius 1 is 0.294 bits per heavy atom. The molecule has 2 radical (unpaired) electrons. The van der Waals surface area contributed by atoms with Crippen molar-refractivity contribution in [2.45, 2.75) is 0 Å².